The number of hydrogen-bond acceptors (Lipinski definition) is 6. The van der Waals surface area contributed by atoms with Crippen LogP contribution in [0.3, 0.4) is 0 Å². The Labute approximate surface area is 178 Å². The van der Waals surface area contributed by atoms with Crippen LogP contribution in [0.4, 0.5) is 0 Å². The molecule has 0 N–H and O–H groups in total. The molecule has 154 valence electrons. The first kappa shape index (κ1) is 21.3. The number of benzene rings is 2. The average Bonchev–Trinajstić information content (AvgIpc) is 3.25. The van der Waals surface area contributed by atoms with Crippen molar-refractivity contribution in [1.82, 2.24) is 0 Å². The standard InChI is InChI=1S/C22H23BrO6/c1-2-15-8-9-20(19(23)11-15)27-14-21(24)29-17-6-3-5-16(12-17)22(25)28-13-18-7-4-10-26-18/h3,5-6,8-9,11-12,18H,2,4,7,10,13-14H2,1H3. The van der Waals surface area contributed by atoms with Gasteiger partial charge in [-0.25, -0.2) is 9.59 Å². The zero-order valence-corrected chi connectivity index (χ0v) is 17.8. The predicted molar refractivity (Wildman–Crippen MR) is 110 cm³/mol. The molecule has 0 radical (unpaired) electrons. The van der Waals surface area contributed by atoms with E-state index >= 15 is 0 Å². The highest BCUT2D eigenvalue weighted by molar-refractivity contribution is 9.10. The van der Waals surface area contributed by atoms with Crippen LogP contribution in [0.1, 0.15) is 35.7 Å². The fourth-order valence-electron chi connectivity index (χ4n) is 2.89. The number of carbonyl (C=O) groups is 2. The van der Waals surface area contributed by atoms with E-state index in [-0.39, 0.29) is 25.1 Å². The van der Waals surface area contributed by atoms with E-state index in [1.54, 1.807) is 24.3 Å². The summed E-state index contributed by atoms with van der Waals surface area (Å²) < 4.78 is 22.3. The molecule has 6 nitrogen and oxygen atoms in total. The van der Waals surface area contributed by atoms with E-state index in [4.69, 9.17) is 18.9 Å². The first-order chi connectivity index (χ1) is 14.0. The summed E-state index contributed by atoms with van der Waals surface area (Å²) in [6, 6.07) is 12.0. The second-order valence-corrected chi connectivity index (χ2v) is 7.50. The van der Waals surface area contributed by atoms with Gasteiger partial charge in [0.05, 0.1) is 16.1 Å². The molecule has 0 aliphatic carbocycles. The van der Waals surface area contributed by atoms with Crippen LogP contribution >= 0.6 is 15.9 Å². The number of halogens is 1. The second-order valence-electron chi connectivity index (χ2n) is 6.64. The molecule has 0 aromatic heterocycles. The molecule has 1 saturated heterocycles. The lowest BCUT2D eigenvalue weighted by Crippen LogP contribution is -2.19. The molecule has 3 rings (SSSR count). The van der Waals surface area contributed by atoms with Crippen molar-refractivity contribution >= 4 is 27.9 Å². The normalized spacial score (nSPS) is 15.7. The highest BCUT2D eigenvalue weighted by atomic mass is 79.9. The molecule has 1 unspecified atom stereocenters. The average molecular weight is 463 g/mol. The van der Waals surface area contributed by atoms with Gasteiger partial charge >= 0.3 is 11.9 Å². The van der Waals surface area contributed by atoms with Gasteiger partial charge < -0.3 is 18.9 Å². The molecule has 0 spiro atoms. The number of esters is 2. The van der Waals surface area contributed by atoms with Crippen LogP contribution in [0.2, 0.25) is 0 Å². The first-order valence-corrected chi connectivity index (χ1v) is 10.3. The molecule has 1 aliphatic rings. The van der Waals surface area contributed by atoms with Gasteiger partial charge in [-0.2, -0.15) is 0 Å². The van der Waals surface area contributed by atoms with E-state index < -0.39 is 11.9 Å². The molecule has 1 aliphatic heterocycles. The number of carbonyl (C=O) groups excluding carboxylic acids is 2. The molecule has 2 aromatic carbocycles. The van der Waals surface area contributed by atoms with Gasteiger partial charge in [0.1, 0.15) is 18.1 Å². The maximum absolute atomic E-state index is 12.2. The van der Waals surface area contributed by atoms with E-state index in [2.05, 4.69) is 22.9 Å². The SMILES string of the molecule is CCc1ccc(OCC(=O)Oc2cccc(C(=O)OCC3CCCO3)c2)c(Br)c1. The molecule has 1 atom stereocenters. The summed E-state index contributed by atoms with van der Waals surface area (Å²) in [7, 11) is 0. The molecule has 2 aromatic rings. The van der Waals surface area contributed by atoms with Crippen molar-refractivity contribution in [1.29, 1.82) is 0 Å². The Morgan fingerprint density at radius 3 is 2.79 bits per heavy atom. The number of aryl methyl sites for hydroxylation is 1. The monoisotopic (exact) mass is 462 g/mol. The van der Waals surface area contributed by atoms with Crippen LogP contribution in [0.5, 0.6) is 11.5 Å². The van der Waals surface area contributed by atoms with Crippen LogP contribution < -0.4 is 9.47 Å². The molecule has 0 amide bonds. The van der Waals surface area contributed by atoms with E-state index in [1.165, 1.54) is 6.07 Å². The molecule has 29 heavy (non-hydrogen) atoms. The Morgan fingerprint density at radius 1 is 1.21 bits per heavy atom. The Kier molecular flexibility index (Phi) is 7.66. The number of rotatable bonds is 8. The fraction of sp³-hybridized carbons (Fsp3) is 0.364. The van der Waals surface area contributed by atoms with Crippen molar-refractivity contribution < 1.29 is 28.5 Å². The van der Waals surface area contributed by atoms with E-state index in [1.807, 2.05) is 12.1 Å². The molecule has 7 heteroatoms. The minimum atomic E-state index is -0.568. The van der Waals surface area contributed by atoms with Crippen LogP contribution in [-0.4, -0.2) is 37.9 Å². The summed E-state index contributed by atoms with van der Waals surface area (Å²) in [4.78, 5) is 24.3. The van der Waals surface area contributed by atoms with Crippen molar-refractivity contribution in [2.24, 2.45) is 0 Å². The third-order valence-electron chi connectivity index (χ3n) is 4.48. The van der Waals surface area contributed by atoms with Gasteiger partial charge in [-0.15, -0.1) is 0 Å². The highest BCUT2D eigenvalue weighted by Gasteiger charge is 2.18. The molecule has 1 fully saturated rings. The maximum atomic E-state index is 12.2. The molecular formula is C22H23BrO6. The van der Waals surface area contributed by atoms with Crippen molar-refractivity contribution in [3.63, 3.8) is 0 Å². The largest absolute Gasteiger partial charge is 0.481 e. The zero-order valence-electron chi connectivity index (χ0n) is 16.2. The second kappa shape index (κ2) is 10.4. The number of ether oxygens (including phenoxy) is 4. The van der Waals surface area contributed by atoms with Crippen LogP contribution in [0.25, 0.3) is 0 Å². The van der Waals surface area contributed by atoms with E-state index in [0.29, 0.717) is 17.9 Å². The lowest BCUT2D eigenvalue weighted by molar-refractivity contribution is -0.136. The van der Waals surface area contributed by atoms with Crippen molar-refractivity contribution in [2.45, 2.75) is 32.3 Å². The van der Waals surface area contributed by atoms with Crippen LogP contribution in [-0.2, 0) is 20.7 Å². The quantitative estimate of drug-likeness (QED) is 0.429. The lowest BCUT2D eigenvalue weighted by Gasteiger charge is -2.11. The smallest absolute Gasteiger partial charge is 0.349 e. The number of hydrogen-bond donors (Lipinski definition) is 0. The topological polar surface area (TPSA) is 71.1 Å². The minimum Gasteiger partial charge on any atom is -0.481 e. The first-order valence-electron chi connectivity index (χ1n) is 9.56. The Balaban J connectivity index is 1.51. The Hall–Kier alpha value is -2.38. The van der Waals surface area contributed by atoms with Gasteiger partial charge in [0.15, 0.2) is 6.61 Å². The summed E-state index contributed by atoms with van der Waals surface area (Å²) in [6.45, 7) is 2.74. The Morgan fingerprint density at radius 2 is 2.07 bits per heavy atom. The van der Waals surface area contributed by atoms with Gasteiger partial charge in [-0.1, -0.05) is 19.1 Å². The molecule has 0 bridgehead atoms. The molecule has 0 saturated carbocycles. The highest BCUT2D eigenvalue weighted by Crippen LogP contribution is 2.26. The summed E-state index contributed by atoms with van der Waals surface area (Å²) in [5.74, 6) is -0.230. The minimum absolute atomic E-state index is 0.0391. The third kappa shape index (κ3) is 6.30. The van der Waals surface area contributed by atoms with Crippen molar-refractivity contribution in [3.8, 4) is 11.5 Å². The van der Waals surface area contributed by atoms with Crippen molar-refractivity contribution in [2.75, 3.05) is 19.8 Å². The summed E-state index contributed by atoms with van der Waals surface area (Å²) in [5.41, 5.74) is 1.47. The third-order valence-corrected chi connectivity index (χ3v) is 5.10. The van der Waals surface area contributed by atoms with Gasteiger partial charge in [0.2, 0.25) is 0 Å². The van der Waals surface area contributed by atoms with Gasteiger partial charge in [-0.3, -0.25) is 0 Å². The maximum Gasteiger partial charge on any atom is 0.349 e. The van der Waals surface area contributed by atoms with E-state index in [0.717, 1.165) is 29.3 Å². The van der Waals surface area contributed by atoms with Crippen molar-refractivity contribution in [3.05, 3.63) is 58.1 Å². The van der Waals surface area contributed by atoms with Gasteiger partial charge in [-0.05, 0) is 71.1 Å². The molecule has 1 heterocycles. The van der Waals surface area contributed by atoms with Crippen LogP contribution in [0.15, 0.2) is 46.9 Å². The van der Waals surface area contributed by atoms with Crippen LogP contribution in [0, 0.1) is 0 Å². The van der Waals surface area contributed by atoms with Gasteiger partial charge in [0.25, 0.3) is 0 Å². The zero-order chi connectivity index (χ0) is 20.6. The summed E-state index contributed by atoms with van der Waals surface area (Å²) in [6.07, 6.45) is 2.74. The Bertz CT molecular complexity index is 860. The lowest BCUT2D eigenvalue weighted by atomic mass is 10.2. The molecular weight excluding hydrogens is 440 g/mol. The van der Waals surface area contributed by atoms with Gasteiger partial charge in [0, 0.05) is 6.61 Å². The fourth-order valence-corrected chi connectivity index (χ4v) is 3.43. The summed E-state index contributed by atoms with van der Waals surface area (Å²) >= 11 is 3.43. The predicted octanol–water partition coefficient (Wildman–Crippen LogP) is 4.33. The van der Waals surface area contributed by atoms with E-state index in [9.17, 15) is 9.59 Å². The summed E-state index contributed by atoms with van der Waals surface area (Å²) in [5, 5.41) is 0.